The number of thioether (sulfide) groups is 1. The molecule has 0 radical (unpaired) electrons. The lowest BCUT2D eigenvalue weighted by atomic mass is 10.1. The molecule has 0 spiro atoms. The lowest BCUT2D eigenvalue weighted by Crippen LogP contribution is -2.36. The maximum atomic E-state index is 12.7. The topological polar surface area (TPSA) is 55.8 Å². The van der Waals surface area contributed by atoms with E-state index >= 15 is 0 Å². The van der Waals surface area contributed by atoms with Gasteiger partial charge >= 0.3 is 0 Å². The Labute approximate surface area is 201 Å². The Morgan fingerprint density at radius 2 is 1.84 bits per heavy atom. The van der Waals surface area contributed by atoms with Crippen molar-refractivity contribution in [3.8, 4) is 11.5 Å². The van der Waals surface area contributed by atoms with Crippen LogP contribution in [0, 0.1) is 10.5 Å². The Morgan fingerprint density at radius 1 is 1.13 bits per heavy atom. The highest BCUT2D eigenvalue weighted by Crippen LogP contribution is 2.38. The van der Waals surface area contributed by atoms with Gasteiger partial charge in [0.25, 0.3) is 11.1 Å². The summed E-state index contributed by atoms with van der Waals surface area (Å²) in [4.78, 5) is 26.8. The molecular formula is C24H26INO4S. The van der Waals surface area contributed by atoms with Gasteiger partial charge in [0, 0.05) is 6.04 Å². The number of halogens is 1. The highest BCUT2D eigenvalue weighted by Gasteiger charge is 2.37. The lowest BCUT2D eigenvalue weighted by Gasteiger charge is -2.19. The molecule has 0 aliphatic carbocycles. The van der Waals surface area contributed by atoms with Crippen molar-refractivity contribution >= 4 is 51.6 Å². The summed E-state index contributed by atoms with van der Waals surface area (Å²) in [5.41, 5.74) is 3.08. The second-order valence-electron chi connectivity index (χ2n) is 7.35. The molecule has 0 N–H and O–H groups in total. The van der Waals surface area contributed by atoms with E-state index in [2.05, 4.69) is 41.6 Å². The zero-order valence-corrected chi connectivity index (χ0v) is 21.1. The molecular weight excluding hydrogens is 525 g/mol. The van der Waals surface area contributed by atoms with Gasteiger partial charge in [-0.3, -0.25) is 14.5 Å². The average molecular weight is 551 g/mol. The maximum absolute atomic E-state index is 12.7. The zero-order chi connectivity index (χ0) is 22.5. The van der Waals surface area contributed by atoms with Crippen molar-refractivity contribution in [1.29, 1.82) is 0 Å². The van der Waals surface area contributed by atoms with Gasteiger partial charge in [-0.15, -0.1) is 0 Å². The van der Waals surface area contributed by atoms with Crippen LogP contribution in [0.2, 0.25) is 0 Å². The Balaban J connectivity index is 1.86. The lowest BCUT2D eigenvalue weighted by molar-refractivity contribution is -0.124. The Kier molecular flexibility index (Phi) is 8.05. The van der Waals surface area contributed by atoms with Crippen LogP contribution in [-0.2, 0) is 11.4 Å². The first-order valence-corrected chi connectivity index (χ1v) is 12.1. The van der Waals surface area contributed by atoms with Gasteiger partial charge in [0.05, 0.1) is 15.1 Å². The molecule has 1 saturated heterocycles. The van der Waals surface area contributed by atoms with Crippen molar-refractivity contribution in [2.24, 2.45) is 0 Å². The van der Waals surface area contributed by atoms with Crippen LogP contribution in [-0.4, -0.2) is 28.7 Å². The molecule has 7 heteroatoms. The molecule has 1 atom stereocenters. The molecule has 2 aromatic carbocycles. The number of rotatable bonds is 8. The standard InChI is InChI=1S/C24H26INO4S/c1-5-16(4)26-23(27)21(31-24(26)28)13-18-11-19(25)22(20(12-18)29-6-2)30-14-17-9-7-15(3)8-10-17/h7-13,16H,5-6,14H2,1-4H3/b21-13+/t16-/m1/s1. The number of carbonyl (C=O) groups is 2. The van der Waals surface area contributed by atoms with E-state index in [4.69, 9.17) is 9.47 Å². The summed E-state index contributed by atoms with van der Waals surface area (Å²) in [6, 6.07) is 11.9. The first-order valence-electron chi connectivity index (χ1n) is 10.3. The molecule has 0 bridgehead atoms. The summed E-state index contributed by atoms with van der Waals surface area (Å²) in [6.07, 6.45) is 2.48. The molecule has 1 aliphatic heterocycles. The molecule has 3 rings (SSSR count). The second-order valence-corrected chi connectivity index (χ2v) is 9.50. The van der Waals surface area contributed by atoms with Crippen LogP contribution in [0.1, 0.15) is 43.9 Å². The number of nitrogens with zero attached hydrogens (tertiary/aromatic N) is 1. The van der Waals surface area contributed by atoms with Crippen molar-refractivity contribution in [2.45, 2.75) is 46.8 Å². The van der Waals surface area contributed by atoms with Crippen LogP contribution < -0.4 is 9.47 Å². The highest BCUT2D eigenvalue weighted by atomic mass is 127. The molecule has 31 heavy (non-hydrogen) atoms. The average Bonchev–Trinajstić information content (AvgIpc) is 3.01. The number of imide groups is 1. The quantitative estimate of drug-likeness (QED) is 0.280. The van der Waals surface area contributed by atoms with Crippen LogP contribution >= 0.6 is 34.4 Å². The summed E-state index contributed by atoms with van der Waals surface area (Å²) in [5.74, 6) is 1.05. The number of amides is 2. The minimum Gasteiger partial charge on any atom is -0.490 e. The van der Waals surface area contributed by atoms with E-state index < -0.39 is 0 Å². The summed E-state index contributed by atoms with van der Waals surface area (Å²) < 4.78 is 12.8. The number of hydrogen-bond acceptors (Lipinski definition) is 5. The van der Waals surface area contributed by atoms with E-state index in [1.54, 1.807) is 6.08 Å². The first kappa shape index (κ1) is 23.7. The molecule has 2 amide bonds. The minimum absolute atomic E-state index is 0.116. The van der Waals surface area contributed by atoms with E-state index in [-0.39, 0.29) is 17.2 Å². The number of carbonyl (C=O) groups excluding carboxylic acids is 2. The first-order chi connectivity index (χ1) is 14.8. The number of aryl methyl sites for hydroxylation is 1. The smallest absolute Gasteiger partial charge is 0.293 e. The van der Waals surface area contributed by atoms with Gasteiger partial charge < -0.3 is 9.47 Å². The largest absolute Gasteiger partial charge is 0.490 e. The molecule has 2 aromatic rings. The predicted molar refractivity (Wildman–Crippen MR) is 133 cm³/mol. The van der Waals surface area contributed by atoms with Gasteiger partial charge in [-0.25, -0.2) is 0 Å². The van der Waals surface area contributed by atoms with Crippen molar-refractivity contribution in [1.82, 2.24) is 4.90 Å². The molecule has 0 unspecified atom stereocenters. The highest BCUT2D eigenvalue weighted by molar-refractivity contribution is 14.1. The van der Waals surface area contributed by atoms with Crippen molar-refractivity contribution in [2.75, 3.05) is 6.61 Å². The van der Waals surface area contributed by atoms with E-state index in [0.717, 1.165) is 32.9 Å². The maximum Gasteiger partial charge on any atom is 0.293 e. The molecule has 164 valence electrons. The van der Waals surface area contributed by atoms with E-state index in [0.29, 0.717) is 29.6 Å². The normalized spacial score (nSPS) is 16.2. The molecule has 0 aromatic heterocycles. The monoisotopic (exact) mass is 551 g/mol. The van der Waals surface area contributed by atoms with Gasteiger partial charge in [-0.05, 0) is 90.9 Å². The van der Waals surface area contributed by atoms with Crippen molar-refractivity contribution in [3.05, 3.63) is 61.6 Å². The molecule has 0 saturated carbocycles. The third-order valence-electron chi connectivity index (χ3n) is 4.99. The van der Waals surface area contributed by atoms with Crippen LogP contribution in [0.3, 0.4) is 0 Å². The Morgan fingerprint density at radius 3 is 2.48 bits per heavy atom. The van der Waals surface area contributed by atoms with E-state index in [1.165, 1.54) is 10.5 Å². The van der Waals surface area contributed by atoms with Gasteiger partial charge in [0.15, 0.2) is 11.5 Å². The van der Waals surface area contributed by atoms with Crippen LogP contribution in [0.4, 0.5) is 4.79 Å². The summed E-state index contributed by atoms with van der Waals surface area (Å²) in [7, 11) is 0. The molecule has 1 aliphatic rings. The van der Waals surface area contributed by atoms with Gasteiger partial charge in [-0.1, -0.05) is 36.8 Å². The predicted octanol–water partition coefficient (Wildman–Crippen LogP) is 6.41. The second kappa shape index (κ2) is 10.5. The van der Waals surface area contributed by atoms with E-state index in [9.17, 15) is 9.59 Å². The van der Waals surface area contributed by atoms with E-state index in [1.807, 2.05) is 45.0 Å². The van der Waals surface area contributed by atoms with Gasteiger partial charge in [-0.2, -0.15) is 0 Å². The molecule has 1 heterocycles. The Bertz CT molecular complexity index is 1000. The fraction of sp³-hybridized carbons (Fsp3) is 0.333. The number of hydrogen-bond donors (Lipinski definition) is 0. The fourth-order valence-electron chi connectivity index (χ4n) is 3.11. The van der Waals surface area contributed by atoms with Crippen LogP contribution in [0.15, 0.2) is 41.3 Å². The van der Waals surface area contributed by atoms with Gasteiger partial charge in [0.1, 0.15) is 6.61 Å². The zero-order valence-electron chi connectivity index (χ0n) is 18.1. The summed E-state index contributed by atoms with van der Waals surface area (Å²) in [5, 5.41) is -0.219. The molecule has 5 nitrogen and oxygen atoms in total. The van der Waals surface area contributed by atoms with Crippen LogP contribution in [0.5, 0.6) is 11.5 Å². The SMILES string of the molecule is CCOc1cc(/C=C2/SC(=O)N([C@H](C)CC)C2=O)cc(I)c1OCc1ccc(C)cc1. The fourth-order valence-corrected chi connectivity index (χ4v) is 4.82. The molecule has 1 fully saturated rings. The summed E-state index contributed by atoms with van der Waals surface area (Å²) >= 11 is 3.19. The van der Waals surface area contributed by atoms with Gasteiger partial charge in [0.2, 0.25) is 0 Å². The summed E-state index contributed by atoms with van der Waals surface area (Å²) in [6.45, 7) is 8.74. The van der Waals surface area contributed by atoms with Crippen molar-refractivity contribution in [3.63, 3.8) is 0 Å². The number of benzene rings is 2. The number of ether oxygens (including phenoxy) is 2. The third kappa shape index (κ3) is 5.63. The minimum atomic E-state index is -0.239. The Hall–Kier alpha value is -2.00. The van der Waals surface area contributed by atoms with Crippen molar-refractivity contribution < 1.29 is 19.1 Å². The van der Waals surface area contributed by atoms with Crippen LogP contribution in [0.25, 0.3) is 6.08 Å². The third-order valence-corrected chi connectivity index (χ3v) is 6.67.